The molecule has 0 saturated carbocycles. The molecule has 0 aliphatic heterocycles. The molecule has 0 radical (unpaired) electrons. The number of aryl methyl sites for hydroxylation is 1. The third kappa shape index (κ3) is 3.57. The number of aliphatic hydroxyl groups excluding tert-OH is 1. The van der Waals surface area contributed by atoms with Crippen molar-refractivity contribution < 1.29 is 17.8 Å². The number of hydrogen-bond acceptors (Lipinski definition) is 5. The molecule has 1 aromatic carbocycles. The van der Waals surface area contributed by atoms with E-state index in [0.717, 1.165) is 24.8 Å². The molecule has 0 atom stereocenters. The second-order valence-electron chi connectivity index (χ2n) is 3.38. The van der Waals surface area contributed by atoms with Crippen LogP contribution in [0.15, 0.2) is 29.2 Å². The Labute approximate surface area is 94.9 Å². The Balaban J connectivity index is 2.68. The van der Waals surface area contributed by atoms with E-state index in [-0.39, 0.29) is 11.5 Å². The maximum absolute atomic E-state index is 11.2. The zero-order valence-corrected chi connectivity index (χ0v) is 9.61. The summed E-state index contributed by atoms with van der Waals surface area (Å²) in [6.45, 7) is 0.174. The first-order valence-corrected chi connectivity index (χ1v) is 6.34. The van der Waals surface area contributed by atoms with E-state index in [1.165, 1.54) is 12.1 Å². The van der Waals surface area contributed by atoms with Crippen LogP contribution in [0.2, 0.25) is 0 Å². The van der Waals surface area contributed by atoms with Gasteiger partial charge in [0.1, 0.15) is 0 Å². The van der Waals surface area contributed by atoms with Gasteiger partial charge in [0.15, 0.2) is 0 Å². The Morgan fingerprint density at radius 2 is 1.81 bits per heavy atom. The minimum Gasteiger partial charge on any atom is -0.396 e. The van der Waals surface area contributed by atoms with Gasteiger partial charge in [-0.05, 0) is 37.0 Å². The molecule has 0 bridgehead atoms. The van der Waals surface area contributed by atoms with Crippen molar-refractivity contribution in [1.29, 1.82) is 0 Å². The van der Waals surface area contributed by atoms with Gasteiger partial charge >= 0.3 is 10.1 Å². The fourth-order valence-electron chi connectivity index (χ4n) is 1.32. The molecule has 90 valence electrons. The van der Waals surface area contributed by atoms with Crippen LogP contribution in [0.25, 0.3) is 0 Å². The lowest BCUT2D eigenvalue weighted by Crippen LogP contribution is -2.11. The topological polar surface area (TPSA) is 89.6 Å². The van der Waals surface area contributed by atoms with Gasteiger partial charge in [0.2, 0.25) is 0 Å². The number of unbranched alkanes of at least 4 members (excludes halogenated alkanes) is 1. The predicted molar refractivity (Wildman–Crippen MR) is 58.9 cm³/mol. The van der Waals surface area contributed by atoms with Gasteiger partial charge in [-0.15, -0.1) is 0 Å². The third-order valence-corrected chi connectivity index (χ3v) is 3.32. The highest BCUT2D eigenvalue weighted by Crippen LogP contribution is 2.13. The SMILES string of the molecule is NOS(=O)(=O)c1ccc(CCCCO)cc1. The lowest BCUT2D eigenvalue weighted by molar-refractivity contribution is 0.284. The zero-order valence-electron chi connectivity index (χ0n) is 8.80. The second kappa shape index (κ2) is 5.95. The molecule has 0 unspecified atom stereocenters. The maximum atomic E-state index is 11.2. The number of aliphatic hydroxyl groups is 1. The molecule has 6 heteroatoms. The Bertz CT molecular complexity index is 413. The quantitative estimate of drug-likeness (QED) is 0.565. The first-order chi connectivity index (χ1) is 7.60. The van der Waals surface area contributed by atoms with Crippen LogP contribution < -0.4 is 5.90 Å². The molecule has 0 heterocycles. The van der Waals surface area contributed by atoms with Gasteiger partial charge in [0.25, 0.3) is 0 Å². The maximum Gasteiger partial charge on any atom is 0.312 e. The fraction of sp³-hybridized carbons (Fsp3) is 0.400. The molecule has 1 aromatic rings. The molecule has 0 aliphatic carbocycles. The van der Waals surface area contributed by atoms with Crippen molar-refractivity contribution in [3.05, 3.63) is 29.8 Å². The number of hydrogen-bond donors (Lipinski definition) is 2. The van der Waals surface area contributed by atoms with Gasteiger partial charge in [-0.1, -0.05) is 12.1 Å². The Morgan fingerprint density at radius 1 is 1.19 bits per heavy atom. The normalized spacial score (nSPS) is 11.6. The average molecular weight is 245 g/mol. The Morgan fingerprint density at radius 3 is 2.31 bits per heavy atom. The van der Waals surface area contributed by atoms with Crippen molar-refractivity contribution in [1.82, 2.24) is 0 Å². The van der Waals surface area contributed by atoms with Gasteiger partial charge < -0.3 is 5.11 Å². The molecule has 16 heavy (non-hydrogen) atoms. The van der Waals surface area contributed by atoms with Crippen molar-refractivity contribution in [3.8, 4) is 0 Å². The van der Waals surface area contributed by atoms with Gasteiger partial charge in [-0.3, -0.25) is 0 Å². The zero-order chi connectivity index (χ0) is 12.0. The molecule has 3 N–H and O–H groups in total. The van der Waals surface area contributed by atoms with Crippen LogP contribution in [-0.4, -0.2) is 20.1 Å². The molecule has 0 aromatic heterocycles. The summed E-state index contributed by atoms with van der Waals surface area (Å²) in [5.74, 6) is 4.66. The Hall–Kier alpha value is -0.950. The van der Waals surface area contributed by atoms with E-state index >= 15 is 0 Å². The van der Waals surface area contributed by atoms with Crippen LogP contribution in [0.3, 0.4) is 0 Å². The van der Waals surface area contributed by atoms with Crippen molar-refractivity contribution in [3.63, 3.8) is 0 Å². The number of nitrogens with two attached hydrogens (primary N) is 1. The smallest absolute Gasteiger partial charge is 0.312 e. The fourth-order valence-corrected chi connectivity index (χ4v) is 1.90. The van der Waals surface area contributed by atoms with Crippen molar-refractivity contribution in [2.75, 3.05) is 6.61 Å². The van der Waals surface area contributed by atoms with E-state index in [1.807, 2.05) is 0 Å². The van der Waals surface area contributed by atoms with Crippen molar-refractivity contribution in [2.24, 2.45) is 5.90 Å². The van der Waals surface area contributed by atoms with Crippen LogP contribution in [0.5, 0.6) is 0 Å². The van der Waals surface area contributed by atoms with Crippen LogP contribution in [-0.2, 0) is 20.8 Å². The van der Waals surface area contributed by atoms with Gasteiger partial charge in [-0.25, -0.2) is 0 Å². The van der Waals surface area contributed by atoms with Crippen molar-refractivity contribution >= 4 is 10.1 Å². The van der Waals surface area contributed by atoms with E-state index in [4.69, 9.17) is 5.11 Å². The largest absolute Gasteiger partial charge is 0.396 e. The van der Waals surface area contributed by atoms with E-state index in [1.54, 1.807) is 12.1 Å². The summed E-state index contributed by atoms with van der Waals surface area (Å²) < 4.78 is 26.3. The van der Waals surface area contributed by atoms with Crippen LogP contribution in [0.1, 0.15) is 18.4 Å². The van der Waals surface area contributed by atoms with Crippen molar-refractivity contribution in [2.45, 2.75) is 24.2 Å². The minimum absolute atomic E-state index is 0.0425. The molecule has 0 aliphatic rings. The molecule has 5 nitrogen and oxygen atoms in total. The first-order valence-electron chi connectivity index (χ1n) is 4.93. The van der Waals surface area contributed by atoms with Crippen LogP contribution in [0, 0.1) is 0 Å². The lowest BCUT2D eigenvalue weighted by atomic mass is 10.1. The highest BCUT2D eigenvalue weighted by Gasteiger charge is 2.12. The first kappa shape index (κ1) is 13.1. The summed E-state index contributed by atoms with van der Waals surface area (Å²) in [4.78, 5) is 0.0425. The highest BCUT2D eigenvalue weighted by atomic mass is 32.2. The summed E-state index contributed by atoms with van der Waals surface area (Å²) in [7, 11) is -3.80. The molecular formula is C10H15NO4S. The third-order valence-electron chi connectivity index (χ3n) is 2.21. The molecule has 0 amide bonds. The number of rotatable bonds is 6. The van der Waals surface area contributed by atoms with Gasteiger partial charge in [0, 0.05) is 6.61 Å². The summed E-state index contributed by atoms with van der Waals surface area (Å²) in [6.07, 6.45) is 2.42. The molecule has 0 saturated heterocycles. The van der Waals surface area contributed by atoms with Crippen LogP contribution in [0.4, 0.5) is 0 Å². The summed E-state index contributed by atoms with van der Waals surface area (Å²) in [5, 5.41) is 8.62. The average Bonchev–Trinajstić information content (AvgIpc) is 2.30. The predicted octanol–water partition coefficient (Wildman–Crippen LogP) is 0.581. The van der Waals surface area contributed by atoms with E-state index in [9.17, 15) is 8.42 Å². The standard InChI is InChI=1S/C10H15NO4S/c11-15-16(13,14)10-6-4-9(5-7-10)3-1-2-8-12/h4-7,12H,1-3,8,11H2. The van der Waals surface area contributed by atoms with E-state index in [2.05, 4.69) is 10.2 Å². The molecular weight excluding hydrogens is 230 g/mol. The highest BCUT2D eigenvalue weighted by molar-refractivity contribution is 7.86. The van der Waals surface area contributed by atoms with Crippen LogP contribution >= 0.6 is 0 Å². The molecule has 0 spiro atoms. The minimum atomic E-state index is -3.80. The monoisotopic (exact) mass is 245 g/mol. The second-order valence-corrected chi connectivity index (χ2v) is 4.95. The summed E-state index contributed by atoms with van der Waals surface area (Å²) in [6, 6.07) is 6.33. The molecule has 0 fully saturated rings. The van der Waals surface area contributed by atoms with Gasteiger partial charge in [-0.2, -0.15) is 18.6 Å². The lowest BCUT2D eigenvalue weighted by Gasteiger charge is -2.03. The van der Waals surface area contributed by atoms with E-state index in [0.29, 0.717) is 0 Å². The van der Waals surface area contributed by atoms with E-state index < -0.39 is 10.1 Å². The summed E-state index contributed by atoms with van der Waals surface area (Å²) >= 11 is 0. The Kier molecular flexibility index (Phi) is 4.88. The summed E-state index contributed by atoms with van der Waals surface area (Å²) in [5.41, 5.74) is 1.02. The van der Waals surface area contributed by atoms with Gasteiger partial charge in [0.05, 0.1) is 4.90 Å². The molecule has 1 rings (SSSR count). The number of benzene rings is 1.